The molecule has 1 aliphatic carbocycles. The summed E-state index contributed by atoms with van der Waals surface area (Å²) in [6, 6.07) is 8.76. The molecule has 1 aromatic carbocycles. The van der Waals surface area contributed by atoms with Gasteiger partial charge in [0.25, 0.3) is 0 Å². The molecule has 0 heterocycles. The molecule has 16 heavy (non-hydrogen) atoms. The van der Waals surface area contributed by atoms with Crippen molar-refractivity contribution in [3.8, 4) is 0 Å². The molecule has 0 radical (unpaired) electrons. The Bertz CT molecular complexity index is 344. The topological polar surface area (TPSA) is 29.1 Å². The second-order valence-corrected chi connectivity index (χ2v) is 4.50. The van der Waals surface area contributed by atoms with E-state index < -0.39 is 0 Å². The van der Waals surface area contributed by atoms with Gasteiger partial charge in [-0.25, -0.2) is 0 Å². The molecule has 86 valence electrons. The SMILES string of the molecule is O=CNCCCc1ccccc1C1CCC1. The van der Waals surface area contributed by atoms with Crippen LogP contribution in [0.4, 0.5) is 0 Å². The van der Waals surface area contributed by atoms with Crippen molar-refractivity contribution in [3.63, 3.8) is 0 Å². The van der Waals surface area contributed by atoms with Gasteiger partial charge in [-0.15, -0.1) is 0 Å². The highest BCUT2D eigenvalue weighted by atomic mass is 16.1. The first kappa shape index (κ1) is 11.2. The molecule has 0 saturated heterocycles. The highest BCUT2D eigenvalue weighted by Gasteiger charge is 2.21. The quantitative estimate of drug-likeness (QED) is 0.576. The van der Waals surface area contributed by atoms with Crippen molar-refractivity contribution in [3.05, 3.63) is 35.4 Å². The first-order chi connectivity index (χ1) is 7.92. The molecular formula is C14H19NO. The average molecular weight is 217 g/mol. The highest BCUT2D eigenvalue weighted by molar-refractivity contribution is 5.45. The molecule has 2 rings (SSSR count). The molecule has 0 aromatic heterocycles. The van der Waals surface area contributed by atoms with Gasteiger partial charge in [0, 0.05) is 6.54 Å². The lowest BCUT2D eigenvalue weighted by molar-refractivity contribution is -0.109. The van der Waals surface area contributed by atoms with E-state index in [4.69, 9.17) is 0 Å². The Morgan fingerprint density at radius 2 is 2.12 bits per heavy atom. The first-order valence-electron chi connectivity index (χ1n) is 6.16. The van der Waals surface area contributed by atoms with Crippen LogP contribution in [0.5, 0.6) is 0 Å². The number of benzene rings is 1. The van der Waals surface area contributed by atoms with E-state index in [1.807, 2.05) is 0 Å². The van der Waals surface area contributed by atoms with Gasteiger partial charge in [0.15, 0.2) is 0 Å². The highest BCUT2D eigenvalue weighted by Crippen LogP contribution is 2.38. The van der Waals surface area contributed by atoms with Crippen LogP contribution in [0.25, 0.3) is 0 Å². The third kappa shape index (κ3) is 2.63. The second-order valence-electron chi connectivity index (χ2n) is 4.50. The Morgan fingerprint density at radius 1 is 1.31 bits per heavy atom. The van der Waals surface area contributed by atoms with E-state index >= 15 is 0 Å². The minimum absolute atomic E-state index is 0.776. The van der Waals surface area contributed by atoms with Crippen LogP contribution < -0.4 is 5.32 Å². The fourth-order valence-corrected chi connectivity index (χ4v) is 2.32. The van der Waals surface area contributed by atoms with Gasteiger partial charge >= 0.3 is 0 Å². The van der Waals surface area contributed by atoms with Crippen molar-refractivity contribution in [2.24, 2.45) is 0 Å². The number of nitrogens with one attached hydrogen (secondary N) is 1. The number of carbonyl (C=O) groups excluding carboxylic acids is 1. The summed E-state index contributed by atoms with van der Waals surface area (Å²) >= 11 is 0. The first-order valence-corrected chi connectivity index (χ1v) is 6.16. The minimum Gasteiger partial charge on any atom is -0.359 e. The number of amides is 1. The number of hydrogen-bond donors (Lipinski definition) is 1. The summed E-state index contributed by atoms with van der Waals surface area (Å²) in [5, 5.41) is 2.71. The third-order valence-electron chi connectivity index (χ3n) is 3.45. The van der Waals surface area contributed by atoms with Crippen LogP contribution in [0.1, 0.15) is 42.7 Å². The van der Waals surface area contributed by atoms with E-state index in [2.05, 4.69) is 29.6 Å². The van der Waals surface area contributed by atoms with Gasteiger partial charge < -0.3 is 5.32 Å². The molecular weight excluding hydrogens is 198 g/mol. The minimum atomic E-state index is 0.776. The molecule has 0 aliphatic heterocycles. The van der Waals surface area contributed by atoms with Crippen LogP contribution in [-0.4, -0.2) is 13.0 Å². The Hall–Kier alpha value is -1.31. The smallest absolute Gasteiger partial charge is 0.207 e. The van der Waals surface area contributed by atoms with Crippen LogP contribution in [0.3, 0.4) is 0 Å². The molecule has 2 heteroatoms. The summed E-state index contributed by atoms with van der Waals surface area (Å²) < 4.78 is 0. The Balaban J connectivity index is 1.93. The number of carbonyl (C=O) groups is 1. The Labute approximate surface area is 97.1 Å². The van der Waals surface area contributed by atoms with Crippen LogP contribution in [0, 0.1) is 0 Å². The molecule has 0 unspecified atom stereocenters. The summed E-state index contributed by atoms with van der Waals surface area (Å²) in [5.41, 5.74) is 3.01. The van der Waals surface area contributed by atoms with E-state index in [0.717, 1.165) is 31.7 Å². The maximum Gasteiger partial charge on any atom is 0.207 e. The summed E-state index contributed by atoms with van der Waals surface area (Å²) in [6.07, 6.45) is 6.97. The number of aryl methyl sites for hydroxylation is 1. The Kier molecular flexibility index (Phi) is 3.97. The number of hydrogen-bond acceptors (Lipinski definition) is 1. The van der Waals surface area contributed by atoms with E-state index in [9.17, 15) is 4.79 Å². The maximum absolute atomic E-state index is 10.1. The lowest BCUT2D eigenvalue weighted by Gasteiger charge is -2.28. The number of rotatable bonds is 6. The van der Waals surface area contributed by atoms with Crippen LogP contribution in [-0.2, 0) is 11.2 Å². The maximum atomic E-state index is 10.1. The third-order valence-corrected chi connectivity index (χ3v) is 3.45. The molecule has 0 spiro atoms. The largest absolute Gasteiger partial charge is 0.359 e. The van der Waals surface area contributed by atoms with E-state index in [-0.39, 0.29) is 0 Å². The molecule has 1 aromatic rings. The standard InChI is InChI=1S/C14H19NO/c16-11-15-10-4-8-12-5-1-2-9-14(12)13-6-3-7-13/h1-2,5,9,11,13H,3-4,6-8,10H2,(H,15,16). The van der Waals surface area contributed by atoms with Crippen molar-refractivity contribution in [2.45, 2.75) is 38.0 Å². The fraction of sp³-hybridized carbons (Fsp3) is 0.500. The molecule has 1 fully saturated rings. The average Bonchev–Trinajstić information content (AvgIpc) is 2.24. The molecule has 1 amide bonds. The van der Waals surface area contributed by atoms with Crippen molar-refractivity contribution in [1.29, 1.82) is 0 Å². The van der Waals surface area contributed by atoms with Crippen molar-refractivity contribution in [1.82, 2.24) is 5.32 Å². The summed E-state index contributed by atoms with van der Waals surface area (Å²) in [5.74, 6) is 0.801. The monoisotopic (exact) mass is 217 g/mol. The van der Waals surface area contributed by atoms with Crippen LogP contribution >= 0.6 is 0 Å². The van der Waals surface area contributed by atoms with Crippen LogP contribution in [0.2, 0.25) is 0 Å². The lowest BCUT2D eigenvalue weighted by atomic mass is 9.77. The lowest BCUT2D eigenvalue weighted by Crippen LogP contribution is -2.14. The van der Waals surface area contributed by atoms with Crippen molar-refractivity contribution < 1.29 is 4.79 Å². The molecule has 1 N–H and O–H groups in total. The molecule has 0 bridgehead atoms. The van der Waals surface area contributed by atoms with E-state index in [1.54, 1.807) is 5.56 Å². The van der Waals surface area contributed by atoms with E-state index in [1.165, 1.54) is 24.8 Å². The van der Waals surface area contributed by atoms with E-state index in [0.29, 0.717) is 0 Å². The Morgan fingerprint density at radius 3 is 2.81 bits per heavy atom. The molecule has 1 aliphatic rings. The van der Waals surface area contributed by atoms with Gasteiger partial charge in [0.1, 0.15) is 0 Å². The van der Waals surface area contributed by atoms with Gasteiger partial charge in [-0.2, -0.15) is 0 Å². The zero-order valence-electron chi connectivity index (χ0n) is 9.61. The normalized spacial score (nSPS) is 15.5. The second kappa shape index (κ2) is 5.69. The molecule has 2 nitrogen and oxygen atoms in total. The van der Waals surface area contributed by atoms with Crippen molar-refractivity contribution in [2.75, 3.05) is 6.54 Å². The zero-order valence-corrected chi connectivity index (χ0v) is 9.61. The summed E-state index contributed by atoms with van der Waals surface area (Å²) in [4.78, 5) is 10.1. The van der Waals surface area contributed by atoms with Crippen molar-refractivity contribution >= 4 is 6.41 Å². The van der Waals surface area contributed by atoms with Gasteiger partial charge in [-0.1, -0.05) is 30.7 Å². The predicted molar refractivity (Wildman–Crippen MR) is 65.4 cm³/mol. The summed E-state index contributed by atoms with van der Waals surface area (Å²) in [6.45, 7) is 0.780. The van der Waals surface area contributed by atoms with Gasteiger partial charge in [0.05, 0.1) is 0 Å². The molecule has 0 atom stereocenters. The summed E-state index contributed by atoms with van der Waals surface area (Å²) in [7, 11) is 0. The van der Waals surface area contributed by atoms with Gasteiger partial charge in [0.2, 0.25) is 6.41 Å². The fourth-order valence-electron chi connectivity index (χ4n) is 2.32. The molecule has 1 saturated carbocycles. The van der Waals surface area contributed by atoms with Crippen LogP contribution in [0.15, 0.2) is 24.3 Å². The van der Waals surface area contributed by atoms with Gasteiger partial charge in [-0.3, -0.25) is 4.79 Å². The zero-order chi connectivity index (χ0) is 11.2. The predicted octanol–water partition coefficient (Wildman–Crippen LogP) is 2.63. The van der Waals surface area contributed by atoms with Gasteiger partial charge in [-0.05, 0) is 42.7 Å².